The molecule has 0 spiro atoms. The van der Waals surface area contributed by atoms with Crippen molar-refractivity contribution >= 4 is 11.8 Å². The highest BCUT2D eigenvalue weighted by Gasteiger charge is 2.40. The highest BCUT2D eigenvalue weighted by atomic mass is 16.2. The van der Waals surface area contributed by atoms with Crippen LogP contribution in [-0.4, -0.2) is 51.2 Å². The maximum absolute atomic E-state index is 12.7. The Balaban J connectivity index is 1.66. The molecular formula is C15H22N4O2. The fourth-order valence-corrected chi connectivity index (χ4v) is 2.96. The first kappa shape index (κ1) is 14.1. The van der Waals surface area contributed by atoms with Crippen molar-refractivity contribution in [2.24, 2.45) is 5.92 Å². The van der Waals surface area contributed by atoms with E-state index < -0.39 is 0 Å². The van der Waals surface area contributed by atoms with Gasteiger partial charge in [0.25, 0.3) is 0 Å². The van der Waals surface area contributed by atoms with Gasteiger partial charge in [-0.05, 0) is 32.1 Å². The summed E-state index contributed by atoms with van der Waals surface area (Å²) in [6, 6.07) is -0.285. The molecule has 3 rings (SSSR count). The molecule has 2 aliphatic rings. The van der Waals surface area contributed by atoms with E-state index in [4.69, 9.17) is 0 Å². The Bertz CT molecular complexity index is 510. The normalized spacial score (nSPS) is 22.1. The molecule has 1 saturated carbocycles. The number of likely N-dealkylation sites (tertiary alicyclic amines) is 1. The average Bonchev–Trinajstić information content (AvgIpc) is 3.24. The van der Waals surface area contributed by atoms with Crippen LogP contribution in [0.1, 0.15) is 37.9 Å². The lowest BCUT2D eigenvalue weighted by molar-refractivity contribution is -0.148. The molecular weight excluding hydrogens is 268 g/mol. The fraction of sp³-hybridized carbons (Fsp3) is 0.667. The fourth-order valence-electron chi connectivity index (χ4n) is 2.96. The second-order valence-electron chi connectivity index (χ2n) is 6.05. The summed E-state index contributed by atoms with van der Waals surface area (Å²) in [6.45, 7) is 1.17. The second kappa shape index (κ2) is 5.87. The van der Waals surface area contributed by atoms with Crippen LogP contribution in [0.3, 0.4) is 0 Å². The molecule has 1 saturated heterocycles. The monoisotopic (exact) mass is 290 g/mol. The molecule has 1 aromatic heterocycles. The number of piperidine rings is 1. The summed E-state index contributed by atoms with van der Waals surface area (Å²) in [4.78, 5) is 35.7. The van der Waals surface area contributed by atoms with Gasteiger partial charge < -0.3 is 14.8 Å². The van der Waals surface area contributed by atoms with E-state index in [1.54, 1.807) is 24.3 Å². The number of aromatic nitrogens is 2. The van der Waals surface area contributed by atoms with Gasteiger partial charge in [-0.1, -0.05) is 0 Å². The summed E-state index contributed by atoms with van der Waals surface area (Å²) in [5.41, 5.74) is 0. The Morgan fingerprint density at radius 3 is 2.86 bits per heavy atom. The summed E-state index contributed by atoms with van der Waals surface area (Å²) in [6.07, 6.45) is 8.19. The Morgan fingerprint density at radius 1 is 1.38 bits per heavy atom. The van der Waals surface area contributed by atoms with Crippen molar-refractivity contribution in [3.8, 4) is 0 Å². The van der Waals surface area contributed by atoms with Crippen LogP contribution in [-0.2, 0) is 16.1 Å². The number of likely N-dealkylation sites (N-methyl/N-ethyl adjacent to an activating group) is 1. The Morgan fingerprint density at radius 2 is 2.19 bits per heavy atom. The third-order valence-electron chi connectivity index (χ3n) is 4.32. The van der Waals surface area contributed by atoms with Gasteiger partial charge in [0.1, 0.15) is 11.9 Å². The lowest BCUT2D eigenvalue weighted by atomic mass is 10.00. The molecule has 1 atom stereocenters. The number of nitrogens with zero attached hydrogens (tertiary/aromatic N) is 3. The minimum Gasteiger partial charge on any atom is -0.347 e. The number of aromatic amines is 1. The quantitative estimate of drug-likeness (QED) is 0.904. The number of hydrogen-bond donors (Lipinski definition) is 1. The molecule has 1 aromatic rings. The third-order valence-corrected chi connectivity index (χ3v) is 4.32. The van der Waals surface area contributed by atoms with Crippen molar-refractivity contribution in [1.82, 2.24) is 19.8 Å². The summed E-state index contributed by atoms with van der Waals surface area (Å²) in [5.74, 6) is 1.15. The molecule has 114 valence electrons. The van der Waals surface area contributed by atoms with E-state index in [1.165, 1.54) is 0 Å². The first-order valence-corrected chi connectivity index (χ1v) is 7.70. The minimum atomic E-state index is -0.285. The van der Waals surface area contributed by atoms with Gasteiger partial charge in [-0.2, -0.15) is 0 Å². The second-order valence-corrected chi connectivity index (χ2v) is 6.05. The molecule has 0 unspecified atom stereocenters. The zero-order valence-electron chi connectivity index (χ0n) is 12.4. The highest BCUT2D eigenvalue weighted by molar-refractivity contribution is 5.89. The van der Waals surface area contributed by atoms with Crippen molar-refractivity contribution in [1.29, 1.82) is 0 Å². The molecule has 0 radical (unpaired) electrons. The molecule has 2 heterocycles. The van der Waals surface area contributed by atoms with Crippen LogP contribution in [0.2, 0.25) is 0 Å². The number of carbonyl (C=O) groups excluding carboxylic acids is 2. The van der Waals surface area contributed by atoms with Crippen LogP contribution in [0.25, 0.3) is 0 Å². The predicted octanol–water partition coefficient (Wildman–Crippen LogP) is 1.16. The zero-order valence-corrected chi connectivity index (χ0v) is 12.4. The Kier molecular flexibility index (Phi) is 3.94. The molecule has 0 aromatic carbocycles. The number of nitrogens with one attached hydrogen (secondary N) is 1. The number of imidazole rings is 1. The molecule has 0 bridgehead atoms. The minimum absolute atomic E-state index is 0.0279. The summed E-state index contributed by atoms with van der Waals surface area (Å²) in [5, 5.41) is 0. The average molecular weight is 290 g/mol. The van der Waals surface area contributed by atoms with Crippen molar-refractivity contribution < 1.29 is 9.59 Å². The van der Waals surface area contributed by atoms with Gasteiger partial charge in [-0.25, -0.2) is 4.98 Å². The Hall–Kier alpha value is -1.85. The van der Waals surface area contributed by atoms with Gasteiger partial charge in [0, 0.05) is 31.9 Å². The maximum atomic E-state index is 12.7. The van der Waals surface area contributed by atoms with Crippen molar-refractivity contribution in [2.45, 2.75) is 44.7 Å². The van der Waals surface area contributed by atoms with E-state index in [2.05, 4.69) is 9.97 Å². The summed E-state index contributed by atoms with van der Waals surface area (Å²) in [7, 11) is 1.78. The number of H-pyrrole nitrogens is 1. The largest absolute Gasteiger partial charge is 0.347 e. The molecule has 2 amide bonds. The molecule has 21 heavy (non-hydrogen) atoms. The Labute approximate surface area is 124 Å². The van der Waals surface area contributed by atoms with Crippen LogP contribution in [0.5, 0.6) is 0 Å². The van der Waals surface area contributed by atoms with Gasteiger partial charge in [-0.15, -0.1) is 0 Å². The zero-order chi connectivity index (χ0) is 14.8. The van der Waals surface area contributed by atoms with Crippen molar-refractivity contribution in [2.75, 3.05) is 13.6 Å². The molecule has 1 aliphatic heterocycles. The highest BCUT2D eigenvalue weighted by Crippen LogP contribution is 2.33. The van der Waals surface area contributed by atoms with Gasteiger partial charge in [-0.3, -0.25) is 9.59 Å². The lowest BCUT2D eigenvalue weighted by Gasteiger charge is -2.36. The van der Waals surface area contributed by atoms with E-state index in [-0.39, 0.29) is 23.8 Å². The van der Waals surface area contributed by atoms with Crippen LogP contribution >= 0.6 is 0 Å². The van der Waals surface area contributed by atoms with E-state index >= 15 is 0 Å². The predicted molar refractivity (Wildman–Crippen MR) is 77.1 cm³/mol. The van der Waals surface area contributed by atoms with E-state index in [9.17, 15) is 9.59 Å². The van der Waals surface area contributed by atoms with E-state index in [0.29, 0.717) is 6.54 Å². The van der Waals surface area contributed by atoms with Crippen LogP contribution in [0, 0.1) is 5.92 Å². The van der Waals surface area contributed by atoms with Gasteiger partial charge in [0.15, 0.2) is 0 Å². The number of hydrogen-bond acceptors (Lipinski definition) is 3. The molecule has 1 aliphatic carbocycles. The van der Waals surface area contributed by atoms with Crippen molar-refractivity contribution in [3.63, 3.8) is 0 Å². The first-order chi connectivity index (χ1) is 10.2. The summed E-state index contributed by atoms with van der Waals surface area (Å²) >= 11 is 0. The van der Waals surface area contributed by atoms with Crippen LogP contribution in [0.4, 0.5) is 0 Å². The first-order valence-electron chi connectivity index (χ1n) is 7.70. The van der Waals surface area contributed by atoms with Gasteiger partial charge in [0.2, 0.25) is 11.8 Å². The van der Waals surface area contributed by atoms with Gasteiger partial charge in [0.05, 0.1) is 6.54 Å². The van der Waals surface area contributed by atoms with E-state index in [0.717, 1.165) is 44.5 Å². The molecule has 6 nitrogen and oxygen atoms in total. The lowest BCUT2D eigenvalue weighted by Crippen LogP contribution is -2.52. The van der Waals surface area contributed by atoms with Crippen molar-refractivity contribution in [3.05, 3.63) is 18.2 Å². The summed E-state index contributed by atoms with van der Waals surface area (Å²) < 4.78 is 0. The number of amides is 2. The van der Waals surface area contributed by atoms with Gasteiger partial charge >= 0.3 is 0 Å². The smallest absolute Gasteiger partial charge is 0.245 e. The topological polar surface area (TPSA) is 69.3 Å². The maximum Gasteiger partial charge on any atom is 0.245 e. The van der Waals surface area contributed by atoms with E-state index in [1.807, 2.05) is 4.90 Å². The SMILES string of the molecule is CN(Cc1ncc[nH]1)C(=O)[C@@H]1CCCCN1C(=O)C1CC1. The number of rotatable bonds is 4. The van der Waals surface area contributed by atoms with Crippen LogP contribution < -0.4 is 0 Å². The number of carbonyl (C=O) groups is 2. The molecule has 1 N–H and O–H groups in total. The molecule has 2 fully saturated rings. The van der Waals surface area contributed by atoms with Crippen LogP contribution in [0.15, 0.2) is 12.4 Å². The molecule has 6 heteroatoms. The standard InChI is InChI=1S/C15H22N4O2/c1-18(10-13-16-7-8-17-13)15(21)12-4-2-3-9-19(12)14(20)11-5-6-11/h7-8,11-12H,2-6,9-10H2,1H3,(H,16,17)/t12-/m0/s1. The third kappa shape index (κ3) is 3.09.